The number of hydrogen-bond acceptors (Lipinski definition) is 6. The van der Waals surface area contributed by atoms with Crippen molar-refractivity contribution in [1.82, 2.24) is 10.3 Å². The molecule has 0 atom stereocenters. The molecule has 0 unspecified atom stereocenters. The van der Waals surface area contributed by atoms with E-state index in [1.54, 1.807) is 37.3 Å². The lowest BCUT2D eigenvalue weighted by Crippen LogP contribution is -2.30. The second-order valence-corrected chi connectivity index (χ2v) is 5.16. The van der Waals surface area contributed by atoms with Gasteiger partial charge in [-0.05, 0) is 37.3 Å². The second-order valence-electron chi connectivity index (χ2n) is 5.16. The standard InChI is InChI=1S/C18H20N2O5/c1-11-15(23-2)8-6-13(20-11)14(21)10-19-18(22)12-5-7-16(24-3)17(9-12)25-4/h5-9H,10H2,1-4H3,(H,19,22). The van der Waals surface area contributed by atoms with Crippen LogP contribution in [0.3, 0.4) is 0 Å². The molecular weight excluding hydrogens is 324 g/mol. The lowest BCUT2D eigenvalue weighted by molar-refractivity contribution is 0.0902. The number of pyridine rings is 1. The molecule has 7 nitrogen and oxygen atoms in total. The van der Waals surface area contributed by atoms with Crippen molar-refractivity contribution in [3.8, 4) is 17.2 Å². The van der Waals surface area contributed by atoms with Gasteiger partial charge in [-0.1, -0.05) is 0 Å². The molecule has 0 saturated carbocycles. The molecule has 2 aromatic rings. The van der Waals surface area contributed by atoms with Crippen molar-refractivity contribution in [2.45, 2.75) is 6.92 Å². The maximum absolute atomic E-state index is 12.2. The van der Waals surface area contributed by atoms with Crippen LogP contribution in [0.25, 0.3) is 0 Å². The van der Waals surface area contributed by atoms with Gasteiger partial charge in [-0.3, -0.25) is 9.59 Å². The van der Waals surface area contributed by atoms with E-state index < -0.39 is 0 Å². The maximum Gasteiger partial charge on any atom is 0.251 e. The van der Waals surface area contributed by atoms with Gasteiger partial charge >= 0.3 is 0 Å². The highest BCUT2D eigenvalue weighted by molar-refractivity contribution is 6.01. The highest BCUT2D eigenvalue weighted by Crippen LogP contribution is 2.27. The summed E-state index contributed by atoms with van der Waals surface area (Å²) < 4.78 is 15.4. The van der Waals surface area contributed by atoms with Crippen molar-refractivity contribution < 1.29 is 23.8 Å². The molecule has 1 N–H and O–H groups in total. The summed E-state index contributed by atoms with van der Waals surface area (Å²) in [6.45, 7) is 1.59. The first-order valence-corrected chi connectivity index (χ1v) is 7.55. The van der Waals surface area contributed by atoms with Crippen molar-refractivity contribution in [3.05, 3.63) is 47.3 Å². The zero-order valence-electron chi connectivity index (χ0n) is 14.6. The van der Waals surface area contributed by atoms with Crippen LogP contribution in [-0.2, 0) is 0 Å². The van der Waals surface area contributed by atoms with Crippen LogP contribution >= 0.6 is 0 Å². The number of amides is 1. The largest absolute Gasteiger partial charge is 0.495 e. The molecule has 0 aliphatic heterocycles. The first-order chi connectivity index (χ1) is 12.0. The van der Waals surface area contributed by atoms with Gasteiger partial charge < -0.3 is 19.5 Å². The fourth-order valence-electron chi connectivity index (χ4n) is 2.25. The molecule has 0 spiro atoms. The Hall–Kier alpha value is -3.09. The summed E-state index contributed by atoms with van der Waals surface area (Å²) in [7, 11) is 4.54. The first kappa shape index (κ1) is 18.3. The number of nitrogens with zero attached hydrogens (tertiary/aromatic N) is 1. The van der Waals surface area contributed by atoms with Crippen molar-refractivity contribution in [3.63, 3.8) is 0 Å². The van der Waals surface area contributed by atoms with Crippen LogP contribution in [0.15, 0.2) is 30.3 Å². The SMILES string of the molecule is COc1ccc(C(=O)NCC(=O)c2ccc(OC)c(C)n2)cc1OC. The van der Waals surface area contributed by atoms with Crippen molar-refractivity contribution >= 4 is 11.7 Å². The average molecular weight is 344 g/mol. The van der Waals surface area contributed by atoms with Crippen LogP contribution in [0.4, 0.5) is 0 Å². The quantitative estimate of drug-likeness (QED) is 0.774. The third-order valence-electron chi connectivity index (χ3n) is 3.60. The van der Waals surface area contributed by atoms with Gasteiger partial charge in [-0.2, -0.15) is 0 Å². The maximum atomic E-state index is 12.2. The second kappa shape index (κ2) is 8.14. The summed E-state index contributed by atoms with van der Waals surface area (Å²) in [6, 6.07) is 8.01. The van der Waals surface area contributed by atoms with E-state index in [1.165, 1.54) is 21.3 Å². The highest BCUT2D eigenvalue weighted by atomic mass is 16.5. The molecule has 132 valence electrons. The predicted molar refractivity (Wildman–Crippen MR) is 91.7 cm³/mol. The van der Waals surface area contributed by atoms with E-state index in [0.29, 0.717) is 28.5 Å². The van der Waals surface area contributed by atoms with Gasteiger partial charge in [0.15, 0.2) is 17.3 Å². The highest BCUT2D eigenvalue weighted by Gasteiger charge is 2.14. The number of benzene rings is 1. The molecule has 0 bridgehead atoms. The third kappa shape index (κ3) is 4.26. The molecule has 0 aliphatic carbocycles. The number of carbonyl (C=O) groups excluding carboxylic acids is 2. The smallest absolute Gasteiger partial charge is 0.251 e. The van der Waals surface area contributed by atoms with E-state index in [-0.39, 0.29) is 23.9 Å². The molecule has 1 heterocycles. The number of aryl methyl sites for hydroxylation is 1. The predicted octanol–water partition coefficient (Wildman–Crippen LogP) is 2.03. The molecule has 0 saturated heterocycles. The monoisotopic (exact) mass is 344 g/mol. The van der Waals surface area contributed by atoms with Gasteiger partial charge in [-0.15, -0.1) is 0 Å². The summed E-state index contributed by atoms with van der Waals surface area (Å²) in [5, 5.41) is 2.58. The van der Waals surface area contributed by atoms with E-state index in [9.17, 15) is 9.59 Å². The van der Waals surface area contributed by atoms with Gasteiger partial charge in [-0.25, -0.2) is 4.98 Å². The Morgan fingerprint density at radius 2 is 1.60 bits per heavy atom. The number of carbonyl (C=O) groups is 2. The van der Waals surface area contributed by atoms with Gasteiger partial charge in [0.2, 0.25) is 0 Å². The average Bonchev–Trinajstić information content (AvgIpc) is 2.64. The van der Waals surface area contributed by atoms with Gasteiger partial charge in [0.1, 0.15) is 11.4 Å². The Morgan fingerprint density at radius 3 is 2.20 bits per heavy atom. The van der Waals surface area contributed by atoms with Crippen LogP contribution in [-0.4, -0.2) is 44.5 Å². The fraction of sp³-hybridized carbons (Fsp3) is 0.278. The third-order valence-corrected chi connectivity index (χ3v) is 3.60. The van der Waals surface area contributed by atoms with Crippen molar-refractivity contribution in [2.75, 3.05) is 27.9 Å². The Morgan fingerprint density at radius 1 is 0.960 bits per heavy atom. The summed E-state index contributed by atoms with van der Waals surface area (Å²) in [6.07, 6.45) is 0. The van der Waals surface area contributed by atoms with E-state index in [2.05, 4.69) is 10.3 Å². The van der Waals surface area contributed by atoms with E-state index in [0.717, 1.165) is 0 Å². The summed E-state index contributed by atoms with van der Waals surface area (Å²) in [5.41, 5.74) is 1.25. The molecule has 0 radical (unpaired) electrons. The number of hydrogen-bond donors (Lipinski definition) is 1. The fourth-order valence-corrected chi connectivity index (χ4v) is 2.25. The minimum atomic E-state index is -0.389. The zero-order valence-corrected chi connectivity index (χ0v) is 14.6. The Balaban J connectivity index is 2.04. The van der Waals surface area contributed by atoms with Gasteiger partial charge in [0, 0.05) is 5.56 Å². The Kier molecular flexibility index (Phi) is 5.94. The zero-order chi connectivity index (χ0) is 18.4. The van der Waals surface area contributed by atoms with E-state index in [4.69, 9.17) is 14.2 Å². The molecular formula is C18H20N2O5. The number of ketones is 1. The Labute approximate surface area is 145 Å². The minimum absolute atomic E-state index is 0.161. The molecule has 2 rings (SSSR count). The summed E-state index contributed by atoms with van der Waals surface area (Å²) in [5.74, 6) is 0.881. The summed E-state index contributed by atoms with van der Waals surface area (Å²) in [4.78, 5) is 28.6. The number of rotatable bonds is 7. The molecule has 1 aromatic carbocycles. The van der Waals surface area contributed by atoms with E-state index in [1.807, 2.05) is 0 Å². The number of ether oxygens (including phenoxy) is 3. The van der Waals surface area contributed by atoms with E-state index >= 15 is 0 Å². The molecule has 1 amide bonds. The van der Waals surface area contributed by atoms with Crippen LogP contribution in [0.2, 0.25) is 0 Å². The minimum Gasteiger partial charge on any atom is -0.495 e. The van der Waals surface area contributed by atoms with Crippen LogP contribution in [0, 0.1) is 6.92 Å². The molecule has 0 fully saturated rings. The normalized spacial score (nSPS) is 10.1. The number of Topliss-reactive ketones (excluding diaryl/α,β-unsaturated/α-hetero) is 1. The van der Waals surface area contributed by atoms with Gasteiger partial charge in [0.25, 0.3) is 5.91 Å². The molecule has 1 aromatic heterocycles. The van der Waals surface area contributed by atoms with Gasteiger partial charge in [0.05, 0.1) is 33.6 Å². The van der Waals surface area contributed by atoms with Crippen molar-refractivity contribution in [1.29, 1.82) is 0 Å². The topological polar surface area (TPSA) is 86.8 Å². The van der Waals surface area contributed by atoms with Crippen molar-refractivity contribution in [2.24, 2.45) is 0 Å². The molecule has 0 aliphatic rings. The lowest BCUT2D eigenvalue weighted by atomic mass is 10.1. The lowest BCUT2D eigenvalue weighted by Gasteiger charge is -2.10. The van der Waals surface area contributed by atoms with Crippen LogP contribution in [0.1, 0.15) is 26.5 Å². The molecule has 25 heavy (non-hydrogen) atoms. The number of nitrogens with one attached hydrogen (secondary N) is 1. The summed E-state index contributed by atoms with van der Waals surface area (Å²) >= 11 is 0. The van der Waals surface area contributed by atoms with Crippen LogP contribution < -0.4 is 19.5 Å². The van der Waals surface area contributed by atoms with Crippen LogP contribution in [0.5, 0.6) is 17.2 Å². The number of aromatic nitrogens is 1. The Bertz CT molecular complexity index is 789. The first-order valence-electron chi connectivity index (χ1n) is 7.55. The molecule has 7 heteroatoms. The number of methoxy groups -OCH3 is 3.